The quantitative estimate of drug-likeness (QED) is 0.772. The van der Waals surface area contributed by atoms with Gasteiger partial charge < -0.3 is 15.5 Å². The minimum absolute atomic E-state index is 0. The zero-order valence-corrected chi connectivity index (χ0v) is 17.9. The number of fused-ring (bicyclic) bond motifs is 1. The molecule has 0 spiro atoms. The van der Waals surface area contributed by atoms with E-state index in [-0.39, 0.29) is 35.5 Å². The van der Waals surface area contributed by atoms with Crippen LogP contribution in [-0.2, 0) is 16.0 Å². The third-order valence-corrected chi connectivity index (χ3v) is 7.90. The maximum Gasteiger partial charge on any atom is 0.240 e. The normalized spacial score (nSPS) is 27.6. The van der Waals surface area contributed by atoms with Crippen molar-refractivity contribution in [1.82, 2.24) is 15.5 Å². The van der Waals surface area contributed by atoms with Crippen molar-refractivity contribution in [2.75, 3.05) is 31.9 Å². The van der Waals surface area contributed by atoms with Gasteiger partial charge in [-0.3, -0.25) is 9.59 Å². The summed E-state index contributed by atoms with van der Waals surface area (Å²) in [7, 11) is 0. The first kappa shape index (κ1) is 21.0. The molecule has 2 fully saturated rings. The Labute approximate surface area is 175 Å². The van der Waals surface area contributed by atoms with E-state index in [4.69, 9.17) is 0 Å². The SMILES string of the molecule is Cl.O=C(NCC1CCCN(C(=O)C2SCCc3sccc32)C1)C1CCCN1. The van der Waals surface area contributed by atoms with E-state index in [1.165, 1.54) is 10.4 Å². The number of nitrogens with one attached hydrogen (secondary N) is 2. The number of halogens is 1. The van der Waals surface area contributed by atoms with Gasteiger partial charge in [-0.05, 0) is 67.3 Å². The maximum atomic E-state index is 13.1. The lowest BCUT2D eigenvalue weighted by Gasteiger charge is -2.36. The summed E-state index contributed by atoms with van der Waals surface area (Å²) in [4.78, 5) is 28.7. The second kappa shape index (κ2) is 9.63. The number of aryl methyl sites for hydroxylation is 1. The highest BCUT2D eigenvalue weighted by molar-refractivity contribution is 8.00. The second-order valence-corrected chi connectivity index (χ2v) is 9.70. The molecule has 2 amide bonds. The molecule has 1 aromatic rings. The molecule has 5 nitrogen and oxygen atoms in total. The van der Waals surface area contributed by atoms with E-state index in [1.807, 2.05) is 4.90 Å². The molecule has 3 unspecified atom stereocenters. The molecule has 0 radical (unpaired) electrons. The maximum absolute atomic E-state index is 13.1. The third kappa shape index (κ3) is 4.81. The Balaban J connectivity index is 0.00000210. The van der Waals surface area contributed by atoms with Gasteiger partial charge >= 0.3 is 0 Å². The zero-order chi connectivity index (χ0) is 17.9. The smallest absolute Gasteiger partial charge is 0.240 e. The molecular weight excluding hydrogens is 402 g/mol. The number of rotatable bonds is 4. The number of thioether (sulfide) groups is 1. The van der Waals surface area contributed by atoms with E-state index in [0.29, 0.717) is 12.5 Å². The van der Waals surface area contributed by atoms with Gasteiger partial charge in [0.05, 0.1) is 6.04 Å². The van der Waals surface area contributed by atoms with Gasteiger partial charge in [-0.1, -0.05) is 0 Å². The van der Waals surface area contributed by atoms with E-state index >= 15 is 0 Å². The van der Waals surface area contributed by atoms with Crippen LogP contribution in [0.1, 0.15) is 41.4 Å². The van der Waals surface area contributed by atoms with Crippen molar-refractivity contribution in [1.29, 1.82) is 0 Å². The van der Waals surface area contributed by atoms with E-state index in [9.17, 15) is 9.59 Å². The molecular formula is C19H28ClN3O2S2. The highest BCUT2D eigenvalue weighted by atomic mass is 35.5. The Kier molecular flexibility index (Phi) is 7.48. The third-order valence-electron chi connectivity index (χ3n) is 5.67. The first-order chi connectivity index (χ1) is 12.7. The Morgan fingerprint density at radius 1 is 1.30 bits per heavy atom. The number of hydrogen-bond donors (Lipinski definition) is 2. The molecule has 3 atom stereocenters. The molecule has 0 bridgehead atoms. The van der Waals surface area contributed by atoms with Crippen LogP contribution in [0, 0.1) is 5.92 Å². The predicted octanol–water partition coefficient (Wildman–Crippen LogP) is 2.61. The van der Waals surface area contributed by atoms with Gasteiger partial charge in [-0.2, -0.15) is 0 Å². The average molecular weight is 430 g/mol. The average Bonchev–Trinajstić information content (AvgIpc) is 3.37. The monoisotopic (exact) mass is 429 g/mol. The Bertz CT molecular complexity index is 663. The van der Waals surface area contributed by atoms with Crippen molar-refractivity contribution in [3.8, 4) is 0 Å². The van der Waals surface area contributed by atoms with Crippen molar-refractivity contribution < 1.29 is 9.59 Å². The Hall–Kier alpha value is -0.760. The van der Waals surface area contributed by atoms with Crippen LogP contribution in [0.5, 0.6) is 0 Å². The van der Waals surface area contributed by atoms with Crippen molar-refractivity contribution in [3.63, 3.8) is 0 Å². The highest BCUT2D eigenvalue weighted by Gasteiger charge is 2.34. The number of carbonyl (C=O) groups excluding carboxylic acids is 2. The fourth-order valence-corrected chi connectivity index (χ4v) is 6.60. The van der Waals surface area contributed by atoms with Crippen LogP contribution in [0.25, 0.3) is 0 Å². The van der Waals surface area contributed by atoms with Crippen LogP contribution < -0.4 is 10.6 Å². The fraction of sp³-hybridized carbons (Fsp3) is 0.684. The number of thiophene rings is 1. The molecule has 3 aliphatic rings. The second-order valence-electron chi connectivity index (χ2n) is 7.49. The zero-order valence-electron chi connectivity index (χ0n) is 15.4. The number of likely N-dealkylation sites (tertiary alicyclic amines) is 1. The van der Waals surface area contributed by atoms with Crippen LogP contribution >= 0.6 is 35.5 Å². The van der Waals surface area contributed by atoms with Crippen LogP contribution in [0.15, 0.2) is 11.4 Å². The molecule has 150 valence electrons. The molecule has 3 aliphatic heterocycles. The van der Waals surface area contributed by atoms with Crippen LogP contribution in [-0.4, -0.2) is 54.7 Å². The largest absolute Gasteiger partial charge is 0.354 e. The topological polar surface area (TPSA) is 61.4 Å². The summed E-state index contributed by atoms with van der Waals surface area (Å²) in [6.45, 7) is 3.24. The standard InChI is InChI=1S/C19H27N3O2S2.ClH/c23-18(15-4-1-7-20-15)21-11-13-3-2-8-22(12-13)19(24)17-14-5-9-25-16(14)6-10-26-17;/h5,9,13,15,17,20H,1-4,6-8,10-12H2,(H,21,23);1H. The molecule has 2 saturated heterocycles. The van der Waals surface area contributed by atoms with Crippen molar-refractivity contribution >= 4 is 47.3 Å². The molecule has 4 heterocycles. The van der Waals surface area contributed by atoms with Crippen LogP contribution in [0.4, 0.5) is 0 Å². The van der Waals surface area contributed by atoms with Crippen molar-refractivity contribution in [2.24, 2.45) is 5.92 Å². The molecule has 0 aliphatic carbocycles. The lowest BCUT2D eigenvalue weighted by Crippen LogP contribution is -2.47. The summed E-state index contributed by atoms with van der Waals surface area (Å²) < 4.78 is 0. The molecule has 27 heavy (non-hydrogen) atoms. The number of amides is 2. The summed E-state index contributed by atoms with van der Waals surface area (Å²) in [6, 6.07) is 2.11. The first-order valence-corrected chi connectivity index (χ1v) is 11.6. The molecule has 0 aromatic carbocycles. The van der Waals surface area contributed by atoms with Gasteiger partial charge in [-0.15, -0.1) is 35.5 Å². The first-order valence-electron chi connectivity index (χ1n) is 9.70. The summed E-state index contributed by atoms with van der Waals surface area (Å²) >= 11 is 3.57. The molecule has 4 rings (SSSR count). The molecule has 8 heteroatoms. The molecule has 1 aromatic heterocycles. The van der Waals surface area contributed by atoms with E-state index in [1.54, 1.807) is 23.1 Å². The summed E-state index contributed by atoms with van der Waals surface area (Å²) in [5.41, 5.74) is 1.24. The summed E-state index contributed by atoms with van der Waals surface area (Å²) in [5.74, 6) is 1.79. The minimum Gasteiger partial charge on any atom is -0.354 e. The lowest BCUT2D eigenvalue weighted by molar-refractivity contribution is -0.132. The highest BCUT2D eigenvalue weighted by Crippen LogP contribution is 2.40. The minimum atomic E-state index is -0.0268. The summed E-state index contributed by atoms with van der Waals surface area (Å²) in [5, 5.41) is 8.43. The predicted molar refractivity (Wildman–Crippen MR) is 114 cm³/mol. The van der Waals surface area contributed by atoms with Crippen molar-refractivity contribution in [2.45, 2.75) is 43.4 Å². The fourth-order valence-electron chi connectivity index (χ4n) is 4.23. The number of piperidine rings is 1. The van der Waals surface area contributed by atoms with E-state index in [0.717, 1.165) is 57.5 Å². The van der Waals surface area contributed by atoms with Gasteiger partial charge in [0.1, 0.15) is 5.25 Å². The van der Waals surface area contributed by atoms with Crippen LogP contribution in [0.3, 0.4) is 0 Å². The van der Waals surface area contributed by atoms with Gasteiger partial charge in [0.25, 0.3) is 0 Å². The van der Waals surface area contributed by atoms with Crippen LogP contribution in [0.2, 0.25) is 0 Å². The Morgan fingerprint density at radius 2 is 2.19 bits per heavy atom. The van der Waals surface area contributed by atoms with Gasteiger partial charge in [-0.25, -0.2) is 0 Å². The molecule has 0 saturated carbocycles. The van der Waals surface area contributed by atoms with E-state index < -0.39 is 0 Å². The summed E-state index contributed by atoms with van der Waals surface area (Å²) in [6.07, 6.45) is 5.22. The van der Waals surface area contributed by atoms with Gasteiger partial charge in [0.15, 0.2) is 0 Å². The Morgan fingerprint density at radius 3 is 3.00 bits per heavy atom. The number of hydrogen-bond acceptors (Lipinski definition) is 5. The number of nitrogens with zero attached hydrogens (tertiary/aromatic N) is 1. The van der Waals surface area contributed by atoms with Gasteiger partial charge in [0.2, 0.25) is 11.8 Å². The van der Waals surface area contributed by atoms with E-state index in [2.05, 4.69) is 22.1 Å². The molecule has 2 N–H and O–H groups in total. The van der Waals surface area contributed by atoms with Crippen molar-refractivity contribution in [3.05, 3.63) is 21.9 Å². The van der Waals surface area contributed by atoms with Gasteiger partial charge in [0, 0.05) is 24.5 Å². The lowest BCUT2D eigenvalue weighted by atomic mass is 9.97. The number of carbonyl (C=O) groups is 2.